The molecule has 2 aromatic rings. The Morgan fingerprint density at radius 3 is 2.48 bits per heavy atom. The van der Waals surface area contributed by atoms with E-state index in [-0.39, 0.29) is 11.8 Å². The molecule has 1 aromatic heterocycles. The molecule has 0 bridgehead atoms. The van der Waals surface area contributed by atoms with E-state index in [0.29, 0.717) is 19.6 Å². The van der Waals surface area contributed by atoms with Crippen LogP contribution in [0.4, 0.5) is 0 Å². The van der Waals surface area contributed by atoms with Crippen LogP contribution in [0.25, 0.3) is 11.3 Å². The molecule has 6 heteroatoms. The molecule has 1 saturated heterocycles. The monoisotopic (exact) mass is 346 g/mol. The van der Waals surface area contributed by atoms with E-state index in [4.69, 9.17) is 5.73 Å². The van der Waals surface area contributed by atoms with Gasteiger partial charge in [-0.2, -0.15) is 10.2 Å². The van der Waals surface area contributed by atoms with Crippen molar-refractivity contribution in [1.82, 2.24) is 15.1 Å². The van der Waals surface area contributed by atoms with Crippen molar-refractivity contribution in [2.75, 3.05) is 13.1 Å². The van der Waals surface area contributed by atoms with Gasteiger partial charge in [0, 0.05) is 29.7 Å². The van der Waals surface area contributed by atoms with E-state index in [2.05, 4.69) is 31.0 Å². The van der Waals surface area contributed by atoms with Crippen molar-refractivity contribution in [1.29, 1.82) is 0 Å². The lowest BCUT2D eigenvalue weighted by molar-refractivity contribution is -0.127. The van der Waals surface area contributed by atoms with E-state index in [9.17, 15) is 4.79 Å². The van der Waals surface area contributed by atoms with Gasteiger partial charge in [0.25, 0.3) is 0 Å². The molecule has 3 rings (SSSR count). The second kappa shape index (κ2) is 5.91. The predicted octanol–water partition coefficient (Wildman–Crippen LogP) is 1.82. The van der Waals surface area contributed by atoms with Crippen LogP contribution >= 0.6 is 15.9 Å². The maximum absolute atomic E-state index is 11.0. The van der Waals surface area contributed by atoms with Crippen LogP contribution in [0.15, 0.2) is 40.9 Å². The first-order chi connectivity index (χ1) is 10.1. The molecule has 0 unspecified atom stereocenters. The van der Waals surface area contributed by atoms with Gasteiger partial charge in [0.1, 0.15) is 0 Å². The summed E-state index contributed by atoms with van der Waals surface area (Å²) in [6.07, 6.45) is 0. The predicted molar refractivity (Wildman–Crippen MR) is 83.1 cm³/mol. The van der Waals surface area contributed by atoms with Gasteiger partial charge in [-0.3, -0.25) is 9.69 Å². The van der Waals surface area contributed by atoms with Gasteiger partial charge in [0.2, 0.25) is 5.91 Å². The third kappa shape index (κ3) is 3.28. The Labute approximate surface area is 131 Å². The van der Waals surface area contributed by atoms with Crippen molar-refractivity contribution >= 4 is 21.8 Å². The number of carbonyl (C=O) groups excluding carboxylic acids is 1. The Hall–Kier alpha value is -1.79. The normalized spacial score (nSPS) is 15.7. The summed E-state index contributed by atoms with van der Waals surface area (Å²) >= 11 is 3.41. The quantitative estimate of drug-likeness (QED) is 0.916. The molecule has 0 radical (unpaired) electrons. The summed E-state index contributed by atoms with van der Waals surface area (Å²) < 4.78 is 1.04. The molecule has 1 aliphatic heterocycles. The van der Waals surface area contributed by atoms with Gasteiger partial charge in [-0.25, -0.2) is 0 Å². The molecule has 108 valence electrons. The van der Waals surface area contributed by atoms with Crippen LogP contribution in [-0.4, -0.2) is 34.1 Å². The fourth-order valence-electron chi connectivity index (χ4n) is 2.33. The average Bonchev–Trinajstić information content (AvgIpc) is 2.43. The molecule has 0 aliphatic carbocycles. The third-order valence-electron chi connectivity index (χ3n) is 3.60. The standard InChI is InChI=1S/C15H15BrN4O/c16-12-3-1-10(2-4-12)14-6-5-13(18-19-14)9-20-7-11(8-20)15(17)21/h1-6,11H,7-9H2,(H2,17,21). The number of aromatic nitrogens is 2. The number of rotatable bonds is 4. The van der Waals surface area contributed by atoms with Crippen molar-refractivity contribution in [2.45, 2.75) is 6.54 Å². The molecular formula is C15H15BrN4O. The minimum absolute atomic E-state index is 0.0139. The number of halogens is 1. The topological polar surface area (TPSA) is 72.1 Å². The highest BCUT2D eigenvalue weighted by Gasteiger charge is 2.30. The maximum atomic E-state index is 11.0. The van der Waals surface area contributed by atoms with Crippen molar-refractivity contribution in [2.24, 2.45) is 11.7 Å². The molecular weight excluding hydrogens is 332 g/mol. The molecule has 21 heavy (non-hydrogen) atoms. The fraction of sp³-hybridized carbons (Fsp3) is 0.267. The van der Waals surface area contributed by atoms with Crippen molar-refractivity contribution < 1.29 is 4.79 Å². The average molecular weight is 347 g/mol. The zero-order valence-electron chi connectivity index (χ0n) is 11.4. The Bertz CT molecular complexity index is 636. The largest absolute Gasteiger partial charge is 0.369 e. The molecule has 2 N–H and O–H groups in total. The number of amides is 1. The first-order valence-corrected chi connectivity index (χ1v) is 7.51. The molecule has 0 saturated carbocycles. The number of nitrogens with zero attached hydrogens (tertiary/aromatic N) is 3. The summed E-state index contributed by atoms with van der Waals surface area (Å²) in [5.74, 6) is -0.233. The van der Waals surface area contributed by atoms with Gasteiger partial charge in [-0.1, -0.05) is 28.1 Å². The number of likely N-dealkylation sites (tertiary alicyclic amines) is 1. The van der Waals surface area contributed by atoms with Crippen molar-refractivity contribution in [3.8, 4) is 11.3 Å². The van der Waals surface area contributed by atoms with Crippen molar-refractivity contribution in [3.63, 3.8) is 0 Å². The van der Waals surface area contributed by atoms with Crippen LogP contribution in [-0.2, 0) is 11.3 Å². The molecule has 1 fully saturated rings. The van der Waals surface area contributed by atoms with Gasteiger partial charge in [0.05, 0.1) is 17.3 Å². The summed E-state index contributed by atoms with van der Waals surface area (Å²) in [5.41, 5.74) is 8.04. The van der Waals surface area contributed by atoms with E-state index in [1.54, 1.807) is 0 Å². The van der Waals surface area contributed by atoms with Crippen LogP contribution in [0.3, 0.4) is 0 Å². The van der Waals surface area contributed by atoms with Gasteiger partial charge in [0.15, 0.2) is 0 Å². The number of nitrogens with two attached hydrogens (primary N) is 1. The van der Waals surface area contributed by atoms with E-state index < -0.39 is 0 Å². The van der Waals surface area contributed by atoms with Gasteiger partial charge < -0.3 is 5.73 Å². The Balaban J connectivity index is 1.62. The van der Waals surface area contributed by atoms with Gasteiger partial charge in [-0.05, 0) is 24.3 Å². The molecule has 1 aromatic carbocycles. The summed E-state index contributed by atoms with van der Waals surface area (Å²) in [4.78, 5) is 13.1. The van der Waals surface area contributed by atoms with E-state index in [1.165, 1.54) is 0 Å². The Morgan fingerprint density at radius 1 is 1.19 bits per heavy atom. The second-order valence-electron chi connectivity index (χ2n) is 5.21. The molecule has 0 spiro atoms. The smallest absolute Gasteiger partial charge is 0.223 e. The summed E-state index contributed by atoms with van der Waals surface area (Å²) in [6, 6.07) is 11.9. The first kappa shape index (κ1) is 14.2. The second-order valence-corrected chi connectivity index (χ2v) is 6.13. The lowest BCUT2D eigenvalue weighted by atomic mass is 9.99. The molecule has 2 heterocycles. The van der Waals surface area contributed by atoms with Crippen LogP contribution in [0.1, 0.15) is 5.69 Å². The Kier molecular flexibility index (Phi) is 3.98. The van der Waals surface area contributed by atoms with E-state index in [0.717, 1.165) is 21.4 Å². The van der Waals surface area contributed by atoms with Crippen molar-refractivity contribution in [3.05, 3.63) is 46.6 Å². The Morgan fingerprint density at radius 2 is 1.90 bits per heavy atom. The first-order valence-electron chi connectivity index (χ1n) is 6.72. The SMILES string of the molecule is NC(=O)C1CN(Cc2ccc(-c3ccc(Br)cc3)nn2)C1. The summed E-state index contributed by atoms with van der Waals surface area (Å²) in [7, 11) is 0. The lowest BCUT2D eigenvalue weighted by Gasteiger charge is -2.36. The van der Waals surface area contributed by atoms with Crippen LogP contribution in [0.5, 0.6) is 0 Å². The number of hydrogen-bond donors (Lipinski definition) is 1. The highest BCUT2D eigenvalue weighted by Crippen LogP contribution is 2.21. The molecule has 1 aliphatic rings. The fourth-order valence-corrected chi connectivity index (χ4v) is 2.59. The number of benzene rings is 1. The lowest BCUT2D eigenvalue weighted by Crippen LogP contribution is -2.51. The van der Waals surface area contributed by atoms with Gasteiger partial charge in [-0.15, -0.1) is 0 Å². The number of primary amides is 1. The molecule has 5 nitrogen and oxygen atoms in total. The zero-order valence-corrected chi connectivity index (χ0v) is 13.0. The highest BCUT2D eigenvalue weighted by molar-refractivity contribution is 9.10. The summed E-state index contributed by atoms with van der Waals surface area (Å²) in [6.45, 7) is 2.13. The number of hydrogen-bond acceptors (Lipinski definition) is 4. The van der Waals surface area contributed by atoms with Gasteiger partial charge >= 0.3 is 0 Å². The van der Waals surface area contributed by atoms with Crippen LogP contribution in [0.2, 0.25) is 0 Å². The van der Waals surface area contributed by atoms with Crippen LogP contribution in [0, 0.1) is 5.92 Å². The van der Waals surface area contributed by atoms with E-state index in [1.807, 2.05) is 36.4 Å². The minimum atomic E-state index is -0.220. The molecule has 0 atom stereocenters. The van der Waals surface area contributed by atoms with E-state index >= 15 is 0 Å². The summed E-state index contributed by atoms with van der Waals surface area (Å²) in [5, 5.41) is 8.51. The third-order valence-corrected chi connectivity index (χ3v) is 4.13. The van der Waals surface area contributed by atoms with Crippen LogP contribution < -0.4 is 5.73 Å². The molecule has 1 amide bonds. The highest BCUT2D eigenvalue weighted by atomic mass is 79.9. The number of carbonyl (C=O) groups is 1. The zero-order chi connectivity index (χ0) is 14.8. The maximum Gasteiger partial charge on any atom is 0.223 e. The minimum Gasteiger partial charge on any atom is -0.369 e.